The molecule has 7 nitrogen and oxygen atoms in total. The highest BCUT2D eigenvalue weighted by molar-refractivity contribution is 8.02. The van der Waals surface area contributed by atoms with Crippen molar-refractivity contribution in [2.24, 2.45) is 11.7 Å². The van der Waals surface area contributed by atoms with Crippen molar-refractivity contribution in [3.63, 3.8) is 0 Å². The standard InChI is InChI=1S/C14H17N3O4S2/c15-10-12(19)17-11(14(20)21)9(6-23-13(10)17)1-2-22-5-8-3-16(4-8)7-18/h1-2,7-8,10,13H,3-6,15H2,(H,20,21)/t10-,13-/m1/s1. The number of carbonyl (C=O) groups is 3. The molecule has 0 aromatic rings. The van der Waals surface area contributed by atoms with Gasteiger partial charge in [-0.25, -0.2) is 4.79 Å². The van der Waals surface area contributed by atoms with Crippen LogP contribution in [0.25, 0.3) is 0 Å². The van der Waals surface area contributed by atoms with Gasteiger partial charge in [0.05, 0.1) is 0 Å². The minimum absolute atomic E-state index is 0.0491. The largest absolute Gasteiger partial charge is 0.477 e. The van der Waals surface area contributed by atoms with Crippen LogP contribution in [-0.2, 0) is 14.4 Å². The summed E-state index contributed by atoms with van der Waals surface area (Å²) in [6, 6.07) is -0.603. The Morgan fingerprint density at radius 2 is 2.22 bits per heavy atom. The van der Waals surface area contributed by atoms with Crippen molar-refractivity contribution in [3.8, 4) is 0 Å². The third kappa shape index (κ3) is 3.00. The zero-order valence-electron chi connectivity index (χ0n) is 12.3. The first-order chi connectivity index (χ1) is 11.0. The van der Waals surface area contributed by atoms with Crippen LogP contribution in [0.4, 0.5) is 0 Å². The number of allylic oxidation sites excluding steroid dienone is 1. The fourth-order valence-corrected chi connectivity index (χ4v) is 4.91. The number of rotatable bonds is 6. The molecule has 23 heavy (non-hydrogen) atoms. The monoisotopic (exact) mass is 355 g/mol. The number of nitrogens with zero attached hydrogens (tertiary/aromatic N) is 2. The van der Waals surface area contributed by atoms with Crippen molar-refractivity contribution in [1.82, 2.24) is 9.80 Å². The second-order valence-electron chi connectivity index (χ2n) is 5.68. The van der Waals surface area contributed by atoms with E-state index >= 15 is 0 Å². The molecule has 2 fully saturated rings. The van der Waals surface area contributed by atoms with Gasteiger partial charge in [-0.05, 0) is 17.1 Å². The van der Waals surface area contributed by atoms with Crippen molar-refractivity contribution < 1.29 is 19.5 Å². The van der Waals surface area contributed by atoms with Gasteiger partial charge in [-0.2, -0.15) is 0 Å². The number of likely N-dealkylation sites (tertiary alicyclic amines) is 1. The molecule has 2 amide bonds. The van der Waals surface area contributed by atoms with E-state index in [0.29, 0.717) is 17.2 Å². The molecule has 2 saturated heterocycles. The summed E-state index contributed by atoms with van der Waals surface area (Å²) in [7, 11) is 0. The molecule has 0 bridgehead atoms. The molecule has 9 heteroatoms. The summed E-state index contributed by atoms with van der Waals surface area (Å²) in [6.45, 7) is 1.57. The number of hydrogen-bond donors (Lipinski definition) is 2. The number of nitrogens with two attached hydrogens (primary N) is 1. The lowest BCUT2D eigenvalue weighted by molar-refractivity contribution is -0.147. The van der Waals surface area contributed by atoms with Crippen molar-refractivity contribution in [2.75, 3.05) is 24.6 Å². The molecular formula is C14H17N3O4S2. The van der Waals surface area contributed by atoms with Crippen molar-refractivity contribution in [2.45, 2.75) is 11.4 Å². The summed E-state index contributed by atoms with van der Waals surface area (Å²) in [6.07, 6.45) is 2.62. The number of amides is 2. The Hall–Kier alpha value is -1.45. The predicted octanol–water partition coefficient (Wildman–Crippen LogP) is -0.0974. The van der Waals surface area contributed by atoms with Crippen molar-refractivity contribution >= 4 is 41.8 Å². The average Bonchev–Trinajstić information content (AvgIpc) is 2.51. The molecule has 2 atom stereocenters. The Morgan fingerprint density at radius 1 is 1.48 bits per heavy atom. The molecule has 0 unspecified atom stereocenters. The first kappa shape index (κ1) is 16.4. The molecule has 0 saturated carbocycles. The summed E-state index contributed by atoms with van der Waals surface area (Å²) in [5.41, 5.74) is 6.39. The van der Waals surface area contributed by atoms with E-state index in [2.05, 4.69) is 0 Å². The summed E-state index contributed by atoms with van der Waals surface area (Å²) in [5.74, 6) is 0.480. The van der Waals surface area contributed by atoms with Gasteiger partial charge in [-0.15, -0.1) is 23.5 Å². The molecule has 124 valence electrons. The summed E-state index contributed by atoms with van der Waals surface area (Å²) in [5, 5.41) is 11.0. The number of carbonyl (C=O) groups excluding carboxylic acids is 2. The fourth-order valence-electron chi connectivity index (χ4n) is 2.79. The second kappa shape index (κ2) is 6.58. The van der Waals surface area contributed by atoms with E-state index in [4.69, 9.17) is 5.73 Å². The molecule has 0 aromatic carbocycles. The number of β-lactam (4-membered cyclic amide) rings is 1. The predicted molar refractivity (Wildman–Crippen MR) is 88.5 cm³/mol. The van der Waals surface area contributed by atoms with Gasteiger partial charge in [-0.1, -0.05) is 0 Å². The van der Waals surface area contributed by atoms with Crippen LogP contribution < -0.4 is 5.73 Å². The van der Waals surface area contributed by atoms with Gasteiger partial charge in [0.2, 0.25) is 12.3 Å². The molecule has 3 aliphatic heterocycles. The Balaban J connectivity index is 1.61. The number of carboxylic acid groups (broad SMARTS) is 1. The Morgan fingerprint density at radius 3 is 2.87 bits per heavy atom. The van der Waals surface area contributed by atoms with Gasteiger partial charge < -0.3 is 15.7 Å². The van der Waals surface area contributed by atoms with E-state index in [0.717, 1.165) is 25.3 Å². The SMILES string of the molecule is N[C@@H]1C(=O)N2C(C(=O)O)=C(C=CSCC3CN(C=O)C3)CS[C@H]12. The Bertz CT molecular complexity index is 601. The second-order valence-corrected chi connectivity index (χ2v) is 7.72. The highest BCUT2D eigenvalue weighted by Gasteiger charge is 2.51. The van der Waals surface area contributed by atoms with Gasteiger partial charge in [0.1, 0.15) is 17.1 Å². The Kier molecular flexibility index (Phi) is 4.69. The van der Waals surface area contributed by atoms with Gasteiger partial charge in [-0.3, -0.25) is 14.5 Å². The molecule has 3 heterocycles. The molecule has 0 aromatic heterocycles. The normalized spacial score (nSPS) is 27.8. The molecule has 0 aliphatic carbocycles. The molecule has 3 aliphatic rings. The lowest BCUT2D eigenvalue weighted by atomic mass is 10.0. The van der Waals surface area contributed by atoms with Crippen molar-refractivity contribution in [3.05, 3.63) is 22.8 Å². The maximum Gasteiger partial charge on any atom is 0.352 e. The van der Waals surface area contributed by atoms with Gasteiger partial charge in [0.15, 0.2) is 0 Å². The topological polar surface area (TPSA) is 104 Å². The van der Waals surface area contributed by atoms with Crippen LogP contribution in [0, 0.1) is 5.92 Å². The molecule has 0 radical (unpaired) electrons. The van der Waals surface area contributed by atoms with E-state index < -0.39 is 12.0 Å². The van der Waals surface area contributed by atoms with Crippen LogP contribution in [-0.4, -0.2) is 69.2 Å². The molecule has 0 spiro atoms. The van der Waals surface area contributed by atoms with Crippen LogP contribution in [0.15, 0.2) is 22.8 Å². The van der Waals surface area contributed by atoms with Crippen LogP contribution in [0.5, 0.6) is 0 Å². The fraction of sp³-hybridized carbons (Fsp3) is 0.500. The number of aliphatic carboxylic acids is 1. The average molecular weight is 355 g/mol. The zero-order chi connectivity index (χ0) is 16.6. The maximum atomic E-state index is 11.8. The number of fused-ring (bicyclic) bond motifs is 1. The van der Waals surface area contributed by atoms with Crippen LogP contribution in [0.3, 0.4) is 0 Å². The smallest absolute Gasteiger partial charge is 0.352 e. The quantitative estimate of drug-likeness (QED) is 0.506. The minimum atomic E-state index is -1.10. The summed E-state index contributed by atoms with van der Waals surface area (Å²) >= 11 is 3.08. The van der Waals surface area contributed by atoms with Gasteiger partial charge >= 0.3 is 5.97 Å². The first-order valence-electron chi connectivity index (χ1n) is 7.17. The summed E-state index contributed by atoms with van der Waals surface area (Å²) < 4.78 is 0. The maximum absolute atomic E-state index is 11.8. The number of thioether (sulfide) groups is 2. The van der Waals surface area contributed by atoms with Crippen LogP contribution in [0.1, 0.15) is 0 Å². The molecule has 3 N–H and O–H groups in total. The first-order valence-corrected chi connectivity index (χ1v) is 9.27. The highest BCUT2D eigenvalue weighted by atomic mass is 32.2. The third-order valence-corrected chi connectivity index (χ3v) is 6.39. The highest BCUT2D eigenvalue weighted by Crippen LogP contribution is 2.39. The van der Waals surface area contributed by atoms with E-state index in [-0.39, 0.29) is 17.0 Å². The minimum Gasteiger partial charge on any atom is -0.477 e. The number of carboxylic acids is 1. The van der Waals surface area contributed by atoms with E-state index in [1.807, 2.05) is 5.41 Å². The molecule has 3 rings (SSSR count). The van der Waals surface area contributed by atoms with Gasteiger partial charge in [0, 0.05) is 30.5 Å². The van der Waals surface area contributed by atoms with E-state index in [1.165, 1.54) is 16.7 Å². The van der Waals surface area contributed by atoms with Crippen LogP contribution >= 0.6 is 23.5 Å². The molecular weight excluding hydrogens is 338 g/mol. The van der Waals surface area contributed by atoms with E-state index in [1.54, 1.807) is 22.7 Å². The summed E-state index contributed by atoms with van der Waals surface area (Å²) in [4.78, 5) is 36.8. The van der Waals surface area contributed by atoms with Crippen LogP contribution in [0.2, 0.25) is 0 Å². The van der Waals surface area contributed by atoms with Crippen molar-refractivity contribution in [1.29, 1.82) is 0 Å². The lowest BCUT2D eigenvalue weighted by Gasteiger charge is -2.47. The lowest BCUT2D eigenvalue weighted by Crippen LogP contribution is -2.68. The number of hydrogen-bond acceptors (Lipinski definition) is 6. The third-order valence-electron chi connectivity index (χ3n) is 4.07. The van der Waals surface area contributed by atoms with E-state index in [9.17, 15) is 19.5 Å². The Labute approximate surface area is 141 Å². The zero-order valence-corrected chi connectivity index (χ0v) is 13.9. The van der Waals surface area contributed by atoms with Gasteiger partial charge in [0.25, 0.3) is 0 Å².